The number of fused-ring (bicyclic) bond motifs is 2. The molecular weight excluding hydrogens is 354 g/mol. The average Bonchev–Trinajstić information content (AvgIpc) is 3.13. The zero-order valence-electron chi connectivity index (χ0n) is 13.4. The molecule has 2 aromatic carbocycles. The van der Waals surface area contributed by atoms with E-state index >= 15 is 0 Å². The molecule has 4 rings (SSSR count). The molecule has 1 aliphatic heterocycles. The number of hydrogen-bond donors (Lipinski definition) is 0. The molecule has 0 saturated heterocycles. The van der Waals surface area contributed by atoms with E-state index in [1.807, 2.05) is 53.2 Å². The number of imidazole rings is 1. The average molecular weight is 370 g/mol. The molecule has 0 radical (unpaired) electrons. The second-order valence-corrected chi connectivity index (χ2v) is 7.34. The molecule has 6 heteroatoms. The van der Waals surface area contributed by atoms with Crippen LogP contribution in [0.4, 0.5) is 11.4 Å². The number of aromatic nitrogens is 2. The predicted octanol–water partition coefficient (Wildman–Crippen LogP) is 5.15. The molecule has 0 spiro atoms. The quantitative estimate of drug-likeness (QED) is 0.638. The Hall–Kier alpha value is -2.24. The standard InChI is InChI=1S/C19H16ClN3OS/c20-14-7-8-18-16(12-14)23(15-4-1-2-5-17(15)25-18)19(24)6-3-10-22-11-9-21-13-22/h1-2,4-5,7-9,11-13H,3,6,10H2. The smallest absolute Gasteiger partial charge is 0.231 e. The van der Waals surface area contributed by atoms with Crippen LogP contribution in [0.15, 0.2) is 71.0 Å². The van der Waals surface area contributed by atoms with Gasteiger partial charge in [-0.25, -0.2) is 4.98 Å². The largest absolute Gasteiger partial charge is 0.337 e. The topological polar surface area (TPSA) is 38.1 Å². The summed E-state index contributed by atoms with van der Waals surface area (Å²) in [6.45, 7) is 0.776. The number of aryl methyl sites for hydroxylation is 1. The number of para-hydroxylation sites is 1. The Labute approximate surface area is 155 Å². The molecule has 0 saturated carbocycles. The van der Waals surface area contributed by atoms with Crippen LogP contribution < -0.4 is 4.90 Å². The van der Waals surface area contributed by atoms with Crippen molar-refractivity contribution < 1.29 is 4.79 Å². The van der Waals surface area contributed by atoms with E-state index in [1.54, 1.807) is 29.2 Å². The number of anilines is 2. The highest BCUT2D eigenvalue weighted by molar-refractivity contribution is 7.99. The van der Waals surface area contributed by atoms with Gasteiger partial charge in [0.2, 0.25) is 5.91 Å². The maximum absolute atomic E-state index is 13.0. The second-order valence-electron chi connectivity index (χ2n) is 5.82. The first-order chi connectivity index (χ1) is 12.2. The number of rotatable bonds is 4. The molecule has 4 nitrogen and oxygen atoms in total. The number of carbonyl (C=O) groups excluding carboxylic acids is 1. The molecule has 0 bridgehead atoms. The Bertz CT molecular complexity index is 911. The van der Waals surface area contributed by atoms with Crippen molar-refractivity contribution in [2.24, 2.45) is 0 Å². The predicted molar refractivity (Wildman–Crippen MR) is 101 cm³/mol. The molecule has 25 heavy (non-hydrogen) atoms. The third kappa shape index (κ3) is 3.30. The van der Waals surface area contributed by atoms with E-state index in [1.165, 1.54) is 0 Å². The summed E-state index contributed by atoms with van der Waals surface area (Å²) in [6.07, 6.45) is 6.65. The highest BCUT2D eigenvalue weighted by Crippen LogP contribution is 2.48. The van der Waals surface area contributed by atoms with Gasteiger partial charge in [0.05, 0.1) is 17.7 Å². The van der Waals surface area contributed by atoms with Crippen LogP contribution in [0.25, 0.3) is 0 Å². The summed E-state index contributed by atoms with van der Waals surface area (Å²) >= 11 is 7.86. The molecule has 2 heterocycles. The van der Waals surface area contributed by atoms with Crippen LogP contribution in [0, 0.1) is 0 Å². The van der Waals surface area contributed by atoms with Gasteiger partial charge in [-0.05, 0) is 36.8 Å². The van der Waals surface area contributed by atoms with E-state index in [0.717, 1.165) is 34.1 Å². The maximum Gasteiger partial charge on any atom is 0.231 e. The summed E-state index contributed by atoms with van der Waals surface area (Å²) in [5.74, 6) is 0.0800. The second kappa shape index (κ2) is 6.94. The Kier molecular flexibility index (Phi) is 4.51. The molecule has 0 fully saturated rings. The van der Waals surface area contributed by atoms with Gasteiger partial charge in [-0.2, -0.15) is 0 Å². The summed E-state index contributed by atoms with van der Waals surface area (Å²) in [5, 5.41) is 0.634. The minimum atomic E-state index is 0.0800. The molecule has 1 amide bonds. The summed E-state index contributed by atoms with van der Waals surface area (Å²) in [4.78, 5) is 21.0. The van der Waals surface area contributed by atoms with Crippen molar-refractivity contribution in [3.63, 3.8) is 0 Å². The third-order valence-corrected chi connectivity index (χ3v) is 5.47. The van der Waals surface area contributed by atoms with Gasteiger partial charge in [0, 0.05) is 40.2 Å². The minimum absolute atomic E-state index is 0.0800. The van der Waals surface area contributed by atoms with E-state index in [-0.39, 0.29) is 5.91 Å². The number of amides is 1. The zero-order valence-corrected chi connectivity index (χ0v) is 15.0. The molecule has 0 aliphatic carbocycles. The highest BCUT2D eigenvalue weighted by atomic mass is 35.5. The molecule has 1 aromatic heterocycles. The monoisotopic (exact) mass is 369 g/mol. The molecule has 126 valence electrons. The number of benzene rings is 2. The number of halogens is 1. The third-order valence-electron chi connectivity index (χ3n) is 4.10. The first-order valence-corrected chi connectivity index (χ1v) is 9.27. The molecule has 3 aromatic rings. The fourth-order valence-electron chi connectivity index (χ4n) is 2.94. The fraction of sp³-hybridized carbons (Fsp3) is 0.158. The van der Waals surface area contributed by atoms with Crippen molar-refractivity contribution >= 4 is 40.6 Å². The van der Waals surface area contributed by atoms with E-state index in [0.29, 0.717) is 11.4 Å². The SMILES string of the molecule is O=C(CCCn1ccnc1)N1c2ccccc2Sc2ccc(Cl)cc21. The van der Waals surface area contributed by atoms with Gasteiger partial charge in [0.25, 0.3) is 0 Å². The lowest BCUT2D eigenvalue weighted by atomic mass is 10.2. The van der Waals surface area contributed by atoms with Gasteiger partial charge in [-0.15, -0.1) is 0 Å². The number of hydrogen-bond acceptors (Lipinski definition) is 3. The number of carbonyl (C=O) groups is 1. The van der Waals surface area contributed by atoms with E-state index in [4.69, 9.17) is 11.6 Å². The summed E-state index contributed by atoms with van der Waals surface area (Å²) in [5.41, 5.74) is 1.79. The van der Waals surface area contributed by atoms with E-state index in [9.17, 15) is 4.79 Å². The van der Waals surface area contributed by atoms with Crippen molar-refractivity contribution in [3.05, 3.63) is 66.2 Å². The summed E-state index contributed by atoms with van der Waals surface area (Å²) < 4.78 is 1.98. The van der Waals surface area contributed by atoms with Crippen molar-refractivity contribution in [3.8, 4) is 0 Å². The molecule has 0 N–H and O–H groups in total. The van der Waals surface area contributed by atoms with Crippen molar-refractivity contribution in [2.45, 2.75) is 29.2 Å². The summed E-state index contributed by atoms with van der Waals surface area (Å²) in [6, 6.07) is 13.7. The summed E-state index contributed by atoms with van der Waals surface area (Å²) in [7, 11) is 0. The normalized spacial score (nSPS) is 12.6. The van der Waals surface area contributed by atoms with Crippen LogP contribution in [0.2, 0.25) is 5.02 Å². The Morgan fingerprint density at radius 2 is 1.96 bits per heavy atom. The van der Waals surface area contributed by atoms with Crippen LogP contribution in [0.1, 0.15) is 12.8 Å². The van der Waals surface area contributed by atoms with Gasteiger partial charge >= 0.3 is 0 Å². The van der Waals surface area contributed by atoms with Crippen LogP contribution in [-0.4, -0.2) is 15.5 Å². The van der Waals surface area contributed by atoms with Crippen LogP contribution in [0.3, 0.4) is 0 Å². The number of nitrogens with zero attached hydrogens (tertiary/aromatic N) is 3. The Morgan fingerprint density at radius 3 is 2.80 bits per heavy atom. The Morgan fingerprint density at radius 1 is 1.12 bits per heavy atom. The van der Waals surface area contributed by atoms with Gasteiger partial charge in [0.1, 0.15) is 0 Å². The Balaban J connectivity index is 1.61. The zero-order chi connectivity index (χ0) is 17.2. The van der Waals surface area contributed by atoms with Gasteiger partial charge in [-0.1, -0.05) is 35.5 Å². The lowest BCUT2D eigenvalue weighted by Gasteiger charge is -2.31. The fourth-order valence-corrected chi connectivity index (χ4v) is 4.14. The molecule has 0 atom stereocenters. The molecule has 0 unspecified atom stereocenters. The lowest BCUT2D eigenvalue weighted by molar-refractivity contribution is -0.118. The van der Waals surface area contributed by atoms with Crippen LogP contribution in [-0.2, 0) is 11.3 Å². The van der Waals surface area contributed by atoms with Crippen molar-refractivity contribution in [2.75, 3.05) is 4.90 Å². The highest BCUT2D eigenvalue weighted by Gasteiger charge is 2.27. The van der Waals surface area contributed by atoms with Gasteiger partial charge in [-0.3, -0.25) is 9.69 Å². The van der Waals surface area contributed by atoms with Crippen molar-refractivity contribution in [1.82, 2.24) is 9.55 Å². The van der Waals surface area contributed by atoms with E-state index in [2.05, 4.69) is 4.98 Å². The molecule has 1 aliphatic rings. The van der Waals surface area contributed by atoms with Crippen LogP contribution in [0.5, 0.6) is 0 Å². The van der Waals surface area contributed by atoms with Gasteiger partial charge < -0.3 is 4.57 Å². The van der Waals surface area contributed by atoms with Gasteiger partial charge in [0.15, 0.2) is 0 Å². The van der Waals surface area contributed by atoms with Crippen molar-refractivity contribution in [1.29, 1.82) is 0 Å². The first-order valence-electron chi connectivity index (χ1n) is 8.07. The van der Waals surface area contributed by atoms with Crippen LogP contribution >= 0.6 is 23.4 Å². The maximum atomic E-state index is 13.0. The van der Waals surface area contributed by atoms with E-state index < -0.39 is 0 Å². The molecular formula is C19H16ClN3OS. The minimum Gasteiger partial charge on any atom is -0.337 e. The lowest BCUT2D eigenvalue weighted by Crippen LogP contribution is -2.28. The first kappa shape index (κ1) is 16.2.